The van der Waals surface area contributed by atoms with Gasteiger partial charge >= 0.3 is 6.18 Å². The topological polar surface area (TPSA) is 72.3 Å². The van der Waals surface area contributed by atoms with Crippen molar-refractivity contribution < 1.29 is 22.7 Å². The number of nitrogens with one attached hydrogen (secondary N) is 1. The van der Waals surface area contributed by atoms with Gasteiger partial charge in [-0.05, 0) is 55.0 Å². The van der Waals surface area contributed by atoms with Crippen molar-refractivity contribution >= 4 is 11.7 Å². The SMILES string of the molecule is CCCOc1cccc(C(=O)NC2=CC=C(n3nc(-c4cccnc4)cc3C(F)(F)F)N(C)C2)c1. The van der Waals surface area contributed by atoms with E-state index in [1.807, 2.05) is 6.92 Å². The molecule has 3 heterocycles. The molecule has 0 saturated carbocycles. The summed E-state index contributed by atoms with van der Waals surface area (Å²) in [5, 5.41) is 7.02. The van der Waals surface area contributed by atoms with Crippen LogP contribution in [0.2, 0.25) is 0 Å². The van der Waals surface area contributed by atoms with Crippen LogP contribution < -0.4 is 10.1 Å². The molecule has 0 aliphatic carbocycles. The summed E-state index contributed by atoms with van der Waals surface area (Å²) in [6, 6.07) is 11.1. The van der Waals surface area contributed by atoms with Gasteiger partial charge in [0.25, 0.3) is 5.91 Å². The molecule has 0 bridgehead atoms. The predicted molar refractivity (Wildman–Crippen MR) is 125 cm³/mol. The molecular formula is C25H24F3N5O2. The van der Waals surface area contributed by atoms with Gasteiger partial charge in [-0.15, -0.1) is 0 Å². The van der Waals surface area contributed by atoms with Gasteiger partial charge in [-0.1, -0.05) is 13.0 Å². The number of alkyl halides is 3. The second-order valence-electron chi connectivity index (χ2n) is 7.97. The Bertz CT molecular complexity index is 1270. The third kappa shape index (κ3) is 5.53. The van der Waals surface area contributed by atoms with E-state index >= 15 is 0 Å². The Morgan fingerprint density at radius 3 is 2.69 bits per heavy atom. The summed E-state index contributed by atoms with van der Waals surface area (Å²) in [7, 11) is 1.63. The van der Waals surface area contributed by atoms with Crippen LogP contribution in [-0.2, 0) is 6.18 Å². The number of hydrogen-bond acceptors (Lipinski definition) is 5. The minimum absolute atomic E-state index is 0.160. The van der Waals surface area contributed by atoms with E-state index in [2.05, 4.69) is 15.4 Å². The van der Waals surface area contributed by atoms with Crippen molar-refractivity contribution in [3.05, 3.63) is 84.0 Å². The Kier molecular flexibility index (Phi) is 6.90. The average molecular weight is 483 g/mol. The van der Waals surface area contributed by atoms with Crippen LogP contribution in [0.25, 0.3) is 17.1 Å². The van der Waals surface area contributed by atoms with E-state index in [4.69, 9.17) is 4.74 Å². The maximum atomic E-state index is 13.8. The van der Waals surface area contributed by atoms with Crippen LogP contribution in [0.15, 0.2) is 72.7 Å². The molecule has 35 heavy (non-hydrogen) atoms. The van der Waals surface area contributed by atoms with Crippen molar-refractivity contribution in [2.45, 2.75) is 19.5 Å². The van der Waals surface area contributed by atoms with Crippen molar-refractivity contribution in [2.24, 2.45) is 0 Å². The zero-order valence-corrected chi connectivity index (χ0v) is 19.2. The number of hydrogen-bond donors (Lipinski definition) is 1. The van der Waals surface area contributed by atoms with Crippen LogP contribution in [0, 0.1) is 0 Å². The number of likely N-dealkylation sites (N-methyl/N-ethyl adjacent to an activating group) is 1. The van der Waals surface area contributed by atoms with Crippen molar-refractivity contribution in [3.63, 3.8) is 0 Å². The molecule has 7 nitrogen and oxygen atoms in total. The molecule has 4 rings (SSSR count). The van der Waals surface area contributed by atoms with E-state index < -0.39 is 11.9 Å². The minimum atomic E-state index is -4.61. The fourth-order valence-electron chi connectivity index (χ4n) is 3.58. The number of allylic oxidation sites excluding steroid dienone is 2. The van der Waals surface area contributed by atoms with Gasteiger partial charge in [0.15, 0.2) is 5.69 Å². The van der Waals surface area contributed by atoms with Crippen molar-refractivity contribution in [3.8, 4) is 17.0 Å². The number of benzene rings is 1. The van der Waals surface area contributed by atoms with Crippen molar-refractivity contribution in [1.82, 2.24) is 25.0 Å². The minimum Gasteiger partial charge on any atom is -0.494 e. The summed E-state index contributed by atoms with van der Waals surface area (Å²) in [5.74, 6) is 0.483. The number of nitrogens with zero attached hydrogens (tertiary/aromatic N) is 4. The number of carbonyl (C=O) groups is 1. The van der Waals surface area contributed by atoms with Crippen LogP contribution in [-0.4, -0.2) is 45.8 Å². The summed E-state index contributed by atoms with van der Waals surface area (Å²) >= 11 is 0. The lowest BCUT2D eigenvalue weighted by molar-refractivity contribution is -0.142. The third-order valence-corrected chi connectivity index (χ3v) is 5.25. The maximum Gasteiger partial charge on any atom is 0.433 e. The number of halogens is 3. The molecule has 10 heteroatoms. The average Bonchev–Trinajstić information content (AvgIpc) is 3.29. The first-order chi connectivity index (χ1) is 16.8. The van der Waals surface area contributed by atoms with E-state index in [1.54, 1.807) is 54.4 Å². The van der Waals surface area contributed by atoms with Crippen LogP contribution >= 0.6 is 0 Å². The van der Waals surface area contributed by atoms with Gasteiger partial charge < -0.3 is 15.0 Å². The van der Waals surface area contributed by atoms with Gasteiger partial charge in [0.2, 0.25) is 0 Å². The fraction of sp³-hybridized carbons (Fsp3) is 0.240. The van der Waals surface area contributed by atoms with Gasteiger partial charge in [-0.25, -0.2) is 4.68 Å². The first-order valence-corrected chi connectivity index (χ1v) is 11.0. The number of ether oxygens (including phenoxy) is 1. The summed E-state index contributed by atoms with van der Waals surface area (Å²) in [5.41, 5.74) is 0.690. The molecule has 0 spiro atoms. The number of amides is 1. The standard InChI is InChI=1S/C25H24F3N5O2/c1-3-12-35-20-8-4-6-17(13-20)24(34)30-19-9-10-23(32(2)16-19)33-22(25(26,27)28)14-21(31-33)18-7-5-11-29-15-18/h4-11,13-15H,3,12,16H2,1-2H3,(H,30,34). The lowest BCUT2D eigenvalue weighted by Crippen LogP contribution is -2.34. The van der Waals surface area contributed by atoms with E-state index in [0.29, 0.717) is 29.2 Å². The number of carbonyl (C=O) groups excluding carboxylic acids is 1. The van der Waals surface area contributed by atoms with Gasteiger partial charge in [-0.2, -0.15) is 18.3 Å². The Labute approximate surface area is 200 Å². The maximum absolute atomic E-state index is 13.8. The normalized spacial score (nSPS) is 13.8. The highest BCUT2D eigenvalue weighted by Gasteiger charge is 2.37. The van der Waals surface area contributed by atoms with Crippen LogP contribution in [0.5, 0.6) is 5.75 Å². The molecule has 1 amide bonds. The monoisotopic (exact) mass is 483 g/mol. The van der Waals surface area contributed by atoms with Gasteiger partial charge in [0.05, 0.1) is 18.8 Å². The summed E-state index contributed by atoms with van der Waals surface area (Å²) in [6.07, 6.45) is 2.31. The molecule has 1 aliphatic heterocycles. The van der Waals surface area contributed by atoms with E-state index in [0.717, 1.165) is 17.2 Å². The zero-order valence-electron chi connectivity index (χ0n) is 19.2. The second-order valence-corrected chi connectivity index (χ2v) is 7.97. The molecule has 0 fully saturated rings. The first kappa shape index (κ1) is 24.1. The van der Waals surface area contributed by atoms with Gasteiger partial charge in [0.1, 0.15) is 11.6 Å². The Balaban J connectivity index is 1.58. The molecule has 182 valence electrons. The van der Waals surface area contributed by atoms with E-state index in [-0.39, 0.29) is 24.0 Å². The largest absolute Gasteiger partial charge is 0.494 e. The number of aromatic nitrogens is 3. The number of pyridine rings is 1. The molecular weight excluding hydrogens is 459 g/mol. The molecule has 2 aromatic heterocycles. The summed E-state index contributed by atoms with van der Waals surface area (Å²) in [6.45, 7) is 2.72. The van der Waals surface area contributed by atoms with Gasteiger partial charge in [-0.3, -0.25) is 9.78 Å². The molecule has 1 aliphatic rings. The highest BCUT2D eigenvalue weighted by molar-refractivity contribution is 5.95. The zero-order chi connectivity index (χ0) is 25.0. The molecule has 1 N–H and O–H groups in total. The highest BCUT2D eigenvalue weighted by Crippen LogP contribution is 2.34. The third-order valence-electron chi connectivity index (χ3n) is 5.25. The van der Waals surface area contributed by atoms with Gasteiger partial charge in [0, 0.05) is 36.3 Å². The van der Waals surface area contributed by atoms with Crippen molar-refractivity contribution in [2.75, 3.05) is 20.2 Å². The Morgan fingerprint density at radius 1 is 1.17 bits per heavy atom. The molecule has 3 aromatic rings. The van der Waals surface area contributed by atoms with Crippen molar-refractivity contribution in [1.29, 1.82) is 0 Å². The second kappa shape index (κ2) is 10.0. The highest BCUT2D eigenvalue weighted by atomic mass is 19.4. The lowest BCUT2D eigenvalue weighted by Gasteiger charge is -2.28. The Morgan fingerprint density at radius 2 is 2.00 bits per heavy atom. The first-order valence-electron chi connectivity index (χ1n) is 11.0. The fourth-order valence-corrected chi connectivity index (χ4v) is 3.58. The Hall–Kier alpha value is -4.08. The predicted octanol–water partition coefficient (Wildman–Crippen LogP) is 4.81. The molecule has 0 radical (unpaired) electrons. The number of rotatable bonds is 7. The quantitative estimate of drug-likeness (QED) is 0.522. The molecule has 0 atom stereocenters. The molecule has 1 aromatic carbocycles. The molecule has 0 saturated heterocycles. The van der Waals surface area contributed by atoms with Crippen LogP contribution in [0.4, 0.5) is 13.2 Å². The van der Waals surface area contributed by atoms with E-state index in [9.17, 15) is 18.0 Å². The van der Waals surface area contributed by atoms with Crippen LogP contribution in [0.1, 0.15) is 29.4 Å². The molecule has 0 unspecified atom stereocenters. The van der Waals surface area contributed by atoms with Crippen LogP contribution in [0.3, 0.4) is 0 Å². The van der Waals surface area contributed by atoms with E-state index in [1.165, 1.54) is 18.5 Å². The lowest BCUT2D eigenvalue weighted by atomic mass is 10.2. The summed E-state index contributed by atoms with van der Waals surface area (Å²) in [4.78, 5) is 18.3. The smallest absolute Gasteiger partial charge is 0.433 e. The summed E-state index contributed by atoms with van der Waals surface area (Å²) < 4.78 is 47.8.